The quantitative estimate of drug-likeness (QED) is 0.581. The number of hydrogen-bond acceptors (Lipinski definition) is 2. The van der Waals surface area contributed by atoms with Gasteiger partial charge in [0.15, 0.2) is 5.78 Å². The predicted octanol–water partition coefficient (Wildman–Crippen LogP) is 2.35. The fourth-order valence-electron chi connectivity index (χ4n) is 1.35. The van der Waals surface area contributed by atoms with E-state index in [1.54, 1.807) is 11.8 Å². The minimum atomic E-state index is 0.214. The minimum Gasteiger partial charge on any atom is -0.294 e. The molecular formula is C11H8OS. The zero-order valence-corrected chi connectivity index (χ0v) is 7.86. The summed E-state index contributed by atoms with van der Waals surface area (Å²) in [7, 11) is 0. The van der Waals surface area contributed by atoms with Gasteiger partial charge in [-0.05, 0) is 18.2 Å². The molecule has 1 aromatic carbocycles. The second-order valence-corrected chi connectivity index (χ2v) is 4.01. The van der Waals surface area contributed by atoms with Crippen LogP contribution in [0.3, 0.4) is 0 Å². The van der Waals surface area contributed by atoms with Gasteiger partial charge in [0.2, 0.25) is 0 Å². The van der Waals surface area contributed by atoms with Gasteiger partial charge in [-0.1, -0.05) is 5.92 Å². The van der Waals surface area contributed by atoms with Crippen LogP contribution in [0.1, 0.15) is 22.3 Å². The highest BCUT2D eigenvalue weighted by atomic mass is 32.2. The van der Waals surface area contributed by atoms with Gasteiger partial charge in [0.25, 0.3) is 0 Å². The molecule has 0 saturated heterocycles. The summed E-state index contributed by atoms with van der Waals surface area (Å²) in [6.45, 7) is 0. The molecule has 2 heteroatoms. The van der Waals surface area contributed by atoms with Crippen molar-refractivity contribution in [3.05, 3.63) is 29.3 Å². The van der Waals surface area contributed by atoms with Crippen LogP contribution in [0.15, 0.2) is 23.1 Å². The zero-order valence-electron chi connectivity index (χ0n) is 7.04. The summed E-state index contributed by atoms with van der Waals surface area (Å²) in [6, 6.07) is 5.63. The largest absolute Gasteiger partial charge is 0.294 e. The molecule has 1 aliphatic heterocycles. The Morgan fingerprint density at radius 1 is 1.46 bits per heavy atom. The molecule has 0 aliphatic carbocycles. The molecule has 2 rings (SSSR count). The van der Waals surface area contributed by atoms with Crippen molar-refractivity contribution in [3.8, 4) is 12.3 Å². The van der Waals surface area contributed by atoms with Crippen molar-refractivity contribution in [2.24, 2.45) is 0 Å². The van der Waals surface area contributed by atoms with Gasteiger partial charge < -0.3 is 0 Å². The molecule has 0 unspecified atom stereocenters. The molecule has 0 spiro atoms. The Labute approximate surface area is 81.5 Å². The van der Waals surface area contributed by atoms with E-state index >= 15 is 0 Å². The van der Waals surface area contributed by atoms with E-state index in [9.17, 15) is 4.79 Å². The van der Waals surface area contributed by atoms with Crippen LogP contribution < -0.4 is 0 Å². The molecular weight excluding hydrogens is 180 g/mol. The van der Waals surface area contributed by atoms with E-state index in [0.29, 0.717) is 6.42 Å². The van der Waals surface area contributed by atoms with Crippen LogP contribution in [0.25, 0.3) is 0 Å². The highest BCUT2D eigenvalue weighted by Crippen LogP contribution is 2.30. The van der Waals surface area contributed by atoms with Crippen LogP contribution in [0.2, 0.25) is 0 Å². The molecule has 64 valence electrons. The van der Waals surface area contributed by atoms with Crippen molar-refractivity contribution in [1.82, 2.24) is 0 Å². The maximum Gasteiger partial charge on any atom is 0.164 e. The standard InChI is InChI=1S/C11H8OS/c1-2-8-3-4-11-9(7-8)10(12)5-6-13-11/h1,3-4,7H,5-6H2. The number of benzene rings is 1. The van der Waals surface area contributed by atoms with E-state index in [-0.39, 0.29) is 5.78 Å². The van der Waals surface area contributed by atoms with Crippen LogP contribution in [0.4, 0.5) is 0 Å². The number of rotatable bonds is 0. The van der Waals surface area contributed by atoms with Gasteiger partial charge in [0.05, 0.1) is 0 Å². The third kappa shape index (κ3) is 1.48. The Balaban J connectivity index is 2.55. The summed E-state index contributed by atoms with van der Waals surface area (Å²) in [5, 5.41) is 0. The van der Waals surface area contributed by atoms with Crippen molar-refractivity contribution in [1.29, 1.82) is 0 Å². The van der Waals surface area contributed by atoms with Crippen molar-refractivity contribution in [2.45, 2.75) is 11.3 Å². The van der Waals surface area contributed by atoms with Crippen LogP contribution in [0, 0.1) is 12.3 Å². The second kappa shape index (κ2) is 3.27. The molecule has 0 fully saturated rings. The smallest absolute Gasteiger partial charge is 0.164 e. The third-order valence-corrected chi connectivity index (χ3v) is 3.11. The molecule has 0 atom stereocenters. The van der Waals surface area contributed by atoms with Crippen LogP contribution in [-0.2, 0) is 0 Å². The average Bonchev–Trinajstić information content (AvgIpc) is 2.18. The Bertz CT molecular complexity index is 401. The first-order valence-electron chi connectivity index (χ1n) is 4.08. The number of ketones is 1. The SMILES string of the molecule is C#Cc1ccc2c(c1)C(=O)CCS2. The van der Waals surface area contributed by atoms with Gasteiger partial charge in [-0.2, -0.15) is 0 Å². The Kier molecular flexibility index (Phi) is 2.12. The molecule has 0 N–H and O–H groups in total. The van der Waals surface area contributed by atoms with E-state index in [1.807, 2.05) is 18.2 Å². The molecule has 0 bridgehead atoms. The summed E-state index contributed by atoms with van der Waals surface area (Å²) < 4.78 is 0. The number of carbonyl (C=O) groups excluding carboxylic acids is 1. The zero-order chi connectivity index (χ0) is 9.26. The number of carbonyl (C=O) groups is 1. The third-order valence-electron chi connectivity index (χ3n) is 2.03. The number of Topliss-reactive ketones (excluding diaryl/α,β-unsaturated/α-hetero) is 1. The van der Waals surface area contributed by atoms with Gasteiger partial charge in [-0.3, -0.25) is 4.79 Å². The van der Waals surface area contributed by atoms with Crippen molar-refractivity contribution in [3.63, 3.8) is 0 Å². The molecule has 1 heterocycles. The predicted molar refractivity (Wildman–Crippen MR) is 54.0 cm³/mol. The lowest BCUT2D eigenvalue weighted by Gasteiger charge is -2.13. The van der Waals surface area contributed by atoms with Gasteiger partial charge in [-0.25, -0.2) is 0 Å². The molecule has 13 heavy (non-hydrogen) atoms. The van der Waals surface area contributed by atoms with E-state index < -0.39 is 0 Å². The Morgan fingerprint density at radius 2 is 2.31 bits per heavy atom. The van der Waals surface area contributed by atoms with Crippen LogP contribution in [-0.4, -0.2) is 11.5 Å². The first-order valence-corrected chi connectivity index (χ1v) is 5.06. The lowest BCUT2D eigenvalue weighted by Crippen LogP contribution is -2.08. The van der Waals surface area contributed by atoms with Crippen molar-refractivity contribution in [2.75, 3.05) is 5.75 Å². The molecule has 0 radical (unpaired) electrons. The summed E-state index contributed by atoms with van der Waals surface area (Å²) in [6.07, 6.45) is 5.89. The summed E-state index contributed by atoms with van der Waals surface area (Å²) in [5.74, 6) is 3.64. The highest BCUT2D eigenvalue weighted by molar-refractivity contribution is 7.99. The number of hydrogen-bond donors (Lipinski definition) is 0. The number of terminal acetylenes is 1. The highest BCUT2D eigenvalue weighted by Gasteiger charge is 2.17. The number of fused-ring (bicyclic) bond motifs is 1. The number of thioether (sulfide) groups is 1. The normalized spacial score (nSPS) is 14.8. The Hall–Kier alpha value is -1.20. The summed E-state index contributed by atoms with van der Waals surface area (Å²) >= 11 is 1.72. The minimum absolute atomic E-state index is 0.214. The van der Waals surface area contributed by atoms with Crippen molar-refractivity contribution < 1.29 is 4.79 Å². The first-order chi connectivity index (χ1) is 6.31. The molecule has 0 aromatic heterocycles. The molecule has 0 amide bonds. The lowest BCUT2D eigenvalue weighted by molar-refractivity contribution is 0.0985. The Morgan fingerprint density at radius 3 is 3.08 bits per heavy atom. The maximum atomic E-state index is 11.5. The van der Waals surface area contributed by atoms with Crippen LogP contribution >= 0.6 is 11.8 Å². The fourth-order valence-corrected chi connectivity index (χ4v) is 2.35. The molecule has 1 nitrogen and oxygen atoms in total. The van der Waals surface area contributed by atoms with Gasteiger partial charge in [-0.15, -0.1) is 18.2 Å². The molecule has 1 aliphatic rings. The van der Waals surface area contributed by atoms with Crippen LogP contribution in [0.5, 0.6) is 0 Å². The van der Waals surface area contributed by atoms with E-state index in [0.717, 1.165) is 21.8 Å². The van der Waals surface area contributed by atoms with Gasteiger partial charge in [0, 0.05) is 28.2 Å². The topological polar surface area (TPSA) is 17.1 Å². The van der Waals surface area contributed by atoms with E-state index in [4.69, 9.17) is 6.42 Å². The average molecular weight is 188 g/mol. The van der Waals surface area contributed by atoms with E-state index in [1.165, 1.54) is 0 Å². The fraction of sp³-hybridized carbons (Fsp3) is 0.182. The molecule has 1 aromatic rings. The van der Waals surface area contributed by atoms with Crippen molar-refractivity contribution >= 4 is 17.5 Å². The van der Waals surface area contributed by atoms with Gasteiger partial charge >= 0.3 is 0 Å². The second-order valence-electron chi connectivity index (χ2n) is 2.88. The maximum absolute atomic E-state index is 11.5. The summed E-state index contributed by atoms with van der Waals surface area (Å²) in [5.41, 5.74) is 1.58. The monoisotopic (exact) mass is 188 g/mol. The van der Waals surface area contributed by atoms with E-state index in [2.05, 4.69) is 5.92 Å². The van der Waals surface area contributed by atoms with Gasteiger partial charge in [0.1, 0.15) is 0 Å². The lowest BCUT2D eigenvalue weighted by atomic mass is 10.1. The first kappa shape index (κ1) is 8.40. The summed E-state index contributed by atoms with van der Waals surface area (Å²) in [4.78, 5) is 12.5. The molecule has 0 saturated carbocycles.